The van der Waals surface area contributed by atoms with Gasteiger partial charge in [-0.15, -0.1) is 0 Å². The summed E-state index contributed by atoms with van der Waals surface area (Å²) in [5, 5.41) is 11.1. The molecule has 2 N–H and O–H groups in total. The summed E-state index contributed by atoms with van der Waals surface area (Å²) in [5.74, 6) is -4.73. The SMILES string of the molecule is C[C@H]1C2CC(S(=O)(=O)c3cc(C(=O)Nc4cc(F)c(F)c(F)c4)ccc3Cl)CC1[C@@H]2CO. The molecule has 3 fully saturated rings. The van der Waals surface area contributed by atoms with Gasteiger partial charge in [-0.05, 0) is 54.7 Å². The Balaban J connectivity index is 1.58. The fourth-order valence-corrected chi connectivity index (χ4v) is 7.53. The first-order chi connectivity index (χ1) is 15.0. The largest absolute Gasteiger partial charge is 0.396 e. The maximum Gasteiger partial charge on any atom is 0.255 e. The molecule has 3 saturated carbocycles. The van der Waals surface area contributed by atoms with E-state index in [0.717, 1.165) is 6.07 Å². The van der Waals surface area contributed by atoms with Crippen molar-refractivity contribution in [2.75, 3.05) is 11.9 Å². The normalized spacial score (nSPS) is 27.0. The van der Waals surface area contributed by atoms with Gasteiger partial charge in [0.2, 0.25) is 0 Å². The Kier molecular flexibility index (Phi) is 6.02. The van der Waals surface area contributed by atoms with Gasteiger partial charge in [0, 0.05) is 30.0 Å². The summed E-state index contributed by atoms with van der Waals surface area (Å²) >= 11 is 6.16. The van der Waals surface area contributed by atoms with Gasteiger partial charge in [0.1, 0.15) is 0 Å². The highest BCUT2D eigenvalue weighted by molar-refractivity contribution is 7.92. The van der Waals surface area contributed by atoms with Gasteiger partial charge in [0.05, 0.1) is 15.2 Å². The van der Waals surface area contributed by atoms with Gasteiger partial charge in [-0.2, -0.15) is 0 Å². The Morgan fingerprint density at radius 3 is 2.28 bits per heavy atom. The van der Waals surface area contributed by atoms with E-state index in [1.54, 1.807) is 0 Å². The molecule has 172 valence electrons. The Hall–Kier alpha value is -2.10. The standard InChI is InChI=1S/C22H21ClF3NO4S/c1-10-14-7-13(8-15(10)16(14)9-28)32(30,31)20-4-11(2-3-17(20)23)22(29)27-12-5-18(24)21(26)19(25)6-12/h2-6,10,13-16,28H,7-9H2,1H3,(H,27,29)/t10-,13?,14?,15?,16+. The number of fused-ring (bicyclic) bond motifs is 2. The second-order valence-electron chi connectivity index (χ2n) is 8.52. The number of rotatable bonds is 5. The third kappa shape index (κ3) is 3.80. The lowest BCUT2D eigenvalue weighted by Crippen LogP contribution is -2.55. The third-order valence-corrected chi connectivity index (χ3v) is 9.57. The molecule has 3 aliphatic rings. The number of halogens is 4. The number of anilines is 1. The predicted molar refractivity (Wildman–Crippen MR) is 113 cm³/mol. The van der Waals surface area contributed by atoms with Crippen molar-refractivity contribution in [1.82, 2.24) is 0 Å². The van der Waals surface area contributed by atoms with E-state index in [9.17, 15) is 31.5 Å². The number of benzene rings is 2. The molecule has 0 radical (unpaired) electrons. The molecule has 0 aromatic heterocycles. The quantitative estimate of drug-likeness (QED) is 0.611. The predicted octanol–water partition coefficient (Wildman–Crippen LogP) is 4.44. The number of sulfone groups is 1. The Labute approximate surface area is 188 Å². The maximum absolute atomic E-state index is 13.4. The van der Waals surface area contributed by atoms with Crippen molar-refractivity contribution in [2.24, 2.45) is 23.7 Å². The number of aliphatic hydroxyl groups is 1. The number of nitrogens with one attached hydrogen (secondary N) is 1. The van der Waals surface area contributed by atoms with E-state index in [1.165, 1.54) is 12.1 Å². The Morgan fingerprint density at radius 2 is 1.72 bits per heavy atom. The van der Waals surface area contributed by atoms with Crippen LogP contribution in [-0.2, 0) is 9.84 Å². The van der Waals surface area contributed by atoms with Crippen molar-refractivity contribution in [3.63, 3.8) is 0 Å². The monoisotopic (exact) mass is 487 g/mol. The fourth-order valence-electron chi connectivity index (χ4n) is 5.15. The van der Waals surface area contributed by atoms with Crippen LogP contribution in [0, 0.1) is 41.1 Å². The van der Waals surface area contributed by atoms with Crippen molar-refractivity contribution in [3.05, 3.63) is 58.4 Å². The van der Waals surface area contributed by atoms with Gasteiger partial charge in [-0.1, -0.05) is 18.5 Å². The highest BCUT2D eigenvalue weighted by Gasteiger charge is 2.55. The summed E-state index contributed by atoms with van der Waals surface area (Å²) in [7, 11) is -3.86. The van der Waals surface area contributed by atoms with Crippen molar-refractivity contribution in [2.45, 2.75) is 29.9 Å². The molecule has 5 nitrogen and oxygen atoms in total. The van der Waals surface area contributed by atoms with Crippen LogP contribution in [0.2, 0.25) is 5.02 Å². The molecule has 0 spiro atoms. The lowest BCUT2D eigenvalue weighted by molar-refractivity contribution is -0.0820. The second-order valence-corrected chi connectivity index (χ2v) is 11.1. The van der Waals surface area contributed by atoms with E-state index in [-0.39, 0.29) is 45.5 Å². The van der Waals surface area contributed by atoms with Crippen LogP contribution in [0.15, 0.2) is 35.2 Å². The minimum absolute atomic E-state index is 0.0351. The molecule has 5 rings (SSSR count). The number of carbonyl (C=O) groups is 1. The molecule has 2 bridgehead atoms. The molecular formula is C22H21ClF3NO4S. The van der Waals surface area contributed by atoms with Crippen LogP contribution in [-0.4, -0.2) is 31.3 Å². The maximum atomic E-state index is 13.4. The van der Waals surface area contributed by atoms with Gasteiger partial charge in [-0.3, -0.25) is 4.79 Å². The molecule has 2 aromatic rings. The molecule has 2 atom stereocenters. The van der Waals surface area contributed by atoms with Crippen LogP contribution in [0.4, 0.5) is 18.9 Å². The molecule has 10 heteroatoms. The topological polar surface area (TPSA) is 83.5 Å². The van der Waals surface area contributed by atoms with Crippen molar-refractivity contribution >= 4 is 33.0 Å². The zero-order valence-corrected chi connectivity index (χ0v) is 18.6. The van der Waals surface area contributed by atoms with Gasteiger partial charge >= 0.3 is 0 Å². The molecule has 2 aromatic carbocycles. The number of carbonyl (C=O) groups excluding carboxylic acids is 1. The summed E-state index contributed by atoms with van der Waals surface area (Å²) in [6, 6.07) is 4.94. The zero-order chi connectivity index (χ0) is 23.4. The minimum atomic E-state index is -3.86. The summed E-state index contributed by atoms with van der Waals surface area (Å²) in [6.45, 7) is 2.09. The molecule has 0 heterocycles. The molecule has 0 aliphatic heterocycles. The van der Waals surface area contributed by atoms with E-state index in [2.05, 4.69) is 12.2 Å². The molecule has 32 heavy (non-hydrogen) atoms. The molecule has 0 saturated heterocycles. The zero-order valence-electron chi connectivity index (χ0n) is 17.0. The van der Waals surface area contributed by atoms with Crippen LogP contribution >= 0.6 is 11.6 Å². The third-order valence-electron chi connectivity index (χ3n) is 6.91. The minimum Gasteiger partial charge on any atom is -0.396 e. The first-order valence-electron chi connectivity index (χ1n) is 10.1. The number of hydrogen-bond acceptors (Lipinski definition) is 4. The van der Waals surface area contributed by atoms with Crippen LogP contribution < -0.4 is 5.32 Å². The van der Waals surface area contributed by atoms with Gasteiger partial charge < -0.3 is 10.4 Å². The lowest BCUT2D eigenvalue weighted by atomic mass is 9.51. The fraction of sp³-hybridized carbons (Fsp3) is 0.409. The average molecular weight is 488 g/mol. The van der Waals surface area contributed by atoms with E-state index in [1.807, 2.05) is 0 Å². The average Bonchev–Trinajstić information content (AvgIpc) is 2.76. The van der Waals surface area contributed by atoms with Gasteiger partial charge in [0.15, 0.2) is 27.3 Å². The number of hydrogen-bond donors (Lipinski definition) is 2. The lowest BCUT2D eigenvalue weighted by Gasteiger charge is -2.56. The number of amides is 1. The van der Waals surface area contributed by atoms with Crippen LogP contribution in [0.5, 0.6) is 0 Å². The van der Waals surface area contributed by atoms with Crippen LogP contribution in [0.25, 0.3) is 0 Å². The first kappa shape index (κ1) is 23.1. The number of aliphatic hydroxyl groups excluding tert-OH is 1. The van der Waals surface area contributed by atoms with Crippen LogP contribution in [0.1, 0.15) is 30.1 Å². The summed E-state index contributed by atoms with van der Waals surface area (Å²) in [6.07, 6.45) is 0.818. The summed E-state index contributed by atoms with van der Waals surface area (Å²) in [5.41, 5.74) is -0.400. The van der Waals surface area contributed by atoms with E-state index in [4.69, 9.17) is 11.6 Å². The molecule has 3 aliphatic carbocycles. The molecule has 2 unspecified atom stereocenters. The smallest absolute Gasteiger partial charge is 0.255 e. The first-order valence-corrected chi connectivity index (χ1v) is 12.1. The Bertz CT molecular complexity index is 1150. The highest BCUT2D eigenvalue weighted by Crippen LogP contribution is 2.56. The van der Waals surface area contributed by atoms with Crippen molar-refractivity contribution < 1.29 is 31.5 Å². The van der Waals surface area contributed by atoms with E-state index >= 15 is 0 Å². The van der Waals surface area contributed by atoms with Crippen LogP contribution in [0.3, 0.4) is 0 Å². The van der Waals surface area contributed by atoms with Crippen molar-refractivity contribution in [1.29, 1.82) is 0 Å². The summed E-state index contributed by atoms with van der Waals surface area (Å²) in [4.78, 5) is 12.4. The highest BCUT2D eigenvalue weighted by atomic mass is 35.5. The molecular weight excluding hydrogens is 467 g/mol. The van der Waals surface area contributed by atoms with Gasteiger partial charge in [-0.25, -0.2) is 21.6 Å². The van der Waals surface area contributed by atoms with E-state index < -0.39 is 38.4 Å². The van der Waals surface area contributed by atoms with Gasteiger partial charge in [0.25, 0.3) is 5.91 Å². The summed E-state index contributed by atoms with van der Waals surface area (Å²) < 4.78 is 66.6. The second kappa shape index (κ2) is 8.35. The molecule has 1 amide bonds. The van der Waals surface area contributed by atoms with E-state index in [0.29, 0.717) is 30.9 Å². The Morgan fingerprint density at radius 1 is 1.12 bits per heavy atom. The van der Waals surface area contributed by atoms with Crippen molar-refractivity contribution in [3.8, 4) is 0 Å².